The summed E-state index contributed by atoms with van der Waals surface area (Å²) in [5.41, 5.74) is 5.82. The molecule has 0 spiro atoms. The summed E-state index contributed by atoms with van der Waals surface area (Å²) in [6, 6.07) is 12.2. The molecule has 1 aromatic carbocycles. The molecular formula is C34H36ClFN10O2S. The number of piperazine rings is 1. The van der Waals surface area contributed by atoms with Crippen LogP contribution >= 0.6 is 23.7 Å². The largest absolute Gasteiger partial charge is 0.391 e. The third-order valence-electron chi connectivity index (χ3n) is 8.89. The number of thiazole rings is 1. The fourth-order valence-electron chi connectivity index (χ4n) is 6.22. The Labute approximate surface area is 293 Å². The first-order valence-electron chi connectivity index (χ1n) is 16.0. The van der Waals surface area contributed by atoms with Crippen LogP contribution in [0.4, 0.5) is 15.5 Å². The molecule has 12 nitrogen and oxygen atoms in total. The van der Waals surface area contributed by atoms with Crippen LogP contribution < -0.4 is 10.2 Å². The SMILES string of the molecule is CCc1nc2ccc(-c3cnc(N4CCN(CC(=O)N5CC[C@@H](O)C5)CC4)nc3)cn2c1CNc1nc(-c2ccc(F)cc2)c(C#N)s1.Cl. The van der Waals surface area contributed by atoms with Gasteiger partial charge in [0.05, 0.1) is 30.6 Å². The zero-order chi connectivity index (χ0) is 33.2. The number of hydrogen-bond donors (Lipinski definition) is 2. The van der Waals surface area contributed by atoms with Gasteiger partial charge in [-0.15, -0.1) is 12.4 Å². The number of benzene rings is 1. The fraction of sp³-hybridized carbons (Fsp3) is 0.353. The second kappa shape index (κ2) is 14.8. The molecule has 0 unspecified atom stereocenters. The van der Waals surface area contributed by atoms with Gasteiger partial charge >= 0.3 is 0 Å². The van der Waals surface area contributed by atoms with Crippen molar-refractivity contribution in [2.45, 2.75) is 32.4 Å². The number of aromatic nitrogens is 5. The molecule has 49 heavy (non-hydrogen) atoms. The number of pyridine rings is 1. The van der Waals surface area contributed by atoms with Crippen LogP contribution in [0.5, 0.6) is 0 Å². The van der Waals surface area contributed by atoms with Crippen molar-refractivity contribution in [3.63, 3.8) is 0 Å². The monoisotopic (exact) mass is 702 g/mol. The predicted molar refractivity (Wildman–Crippen MR) is 188 cm³/mol. The minimum atomic E-state index is -0.404. The number of likely N-dealkylation sites (tertiary alicyclic amines) is 1. The lowest BCUT2D eigenvalue weighted by molar-refractivity contribution is -0.131. The van der Waals surface area contributed by atoms with Gasteiger partial charge in [-0.05, 0) is 49.2 Å². The zero-order valence-corrected chi connectivity index (χ0v) is 28.6. The van der Waals surface area contributed by atoms with Gasteiger partial charge in [-0.2, -0.15) is 5.26 Å². The maximum atomic E-state index is 13.5. The highest BCUT2D eigenvalue weighted by atomic mass is 35.5. The maximum absolute atomic E-state index is 13.5. The molecular weight excluding hydrogens is 667 g/mol. The number of nitrogens with zero attached hydrogens (tertiary/aromatic N) is 9. The van der Waals surface area contributed by atoms with Crippen LogP contribution in [0.2, 0.25) is 0 Å². The van der Waals surface area contributed by atoms with Crippen molar-refractivity contribution in [1.29, 1.82) is 5.26 Å². The van der Waals surface area contributed by atoms with E-state index in [0.717, 1.165) is 60.8 Å². The van der Waals surface area contributed by atoms with Gasteiger partial charge in [-0.1, -0.05) is 18.3 Å². The summed E-state index contributed by atoms with van der Waals surface area (Å²) in [7, 11) is 0. The molecule has 0 bridgehead atoms. The van der Waals surface area contributed by atoms with Crippen LogP contribution in [0, 0.1) is 17.1 Å². The van der Waals surface area contributed by atoms with E-state index in [4.69, 9.17) is 4.98 Å². The molecule has 0 aliphatic carbocycles. The lowest BCUT2D eigenvalue weighted by atomic mass is 10.1. The number of hydrogen-bond acceptors (Lipinski definition) is 11. The summed E-state index contributed by atoms with van der Waals surface area (Å²) in [5, 5.41) is 23.4. The highest BCUT2D eigenvalue weighted by molar-refractivity contribution is 7.16. The summed E-state index contributed by atoms with van der Waals surface area (Å²) in [6.07, 6.45) is 6.71. The van der Waals surface area contributed by atoms with E-state index >= 15 is 0 Å². The summed E-state index contributed by atoms with van der Waals surface area (Å²) in [6.45, 7) is 6.89. The Bertz CT molecular complexity index is 1970. The Morgan fingerprint density at radius 3 is 2.45 bits per heavy atom. The molecule has 1 atom stereocenters. The average molecular weight is 703 g/mol. The average Bonchev–Trinajstić information content (AvgIpc) is 3.84. The van der Waals surface area contributed by atoms with Crippen molar-refractivity contribution in [3.8, 4) is 28.5 Å². The Morgan fingerprint density at radius 2 is 1.78 bits per heavy atom. The minimum absolute atomic E-state index is 0. The highest BCUT2D eigenvalue weighted by Crippen LogP contribution is 2.31. The standard InChI is InChI=1S/C34H35FN10O2S.ClH/c1-2-27-28(18-39-34-41-32(29(15-36)48-34)22-3-6-25(35)7-4-22)45-19-23(5-8-30(45)40-27)24-16-37-33(38-17-24)43-13-11-42(12-14-43)21-31(47)44-10-9-26(46)20-44;/h3-8,16-17,19,26,46H,2,9-14,18,20-21H2,1H3,(H,39,41);1H/t26-;/m1./s1. The van der Waals surface area contributed by atoms with Crippen molar-refractivity contribution in [1.82, 2.24) is 34.1 Å². The van der Waals surface area contributed by atoms with E-state index < -0.39 is 6.10 Å². The molecule has 5 aromatic rings. The van der Waals surface area contributed by atoms with Gasteiger partial charge in [0.25, 0.3) is 0 Å². The number of rotatable bonds is 9. The minimum Gasteiger partial charge on any atom is -0.391 e. The highest BCUT2D eigenvalue weighted by Gasteiger charge is 2.27. The lowest BCUT2D eigenvalue weighted by Crippen LogP contribution is -2.50. The number of β-amino-alcohol motifs (C(OH)–C–C–N with tert-alkyl or cyclic N) is 1. The van der Waals surface area contributed by atoms with Gasteiger partial charge in [0.2, 0.25) is 11.9 Å². The third kappa shape index (κ3) is 7.35. The molecule has 7 rings (SSSR count). The Kier molecular flexibility index (Phi) is 10.4. The molecule has 2 aliphatic rings. The number of aryl methyl sites for hydroxylation is 1. The molecule has 2 N–H and O–H groups in total. The van der Waals surface area contributed by atoms with Crippen molar-refractivity contribution in [2.24, 2.45) is 0 Å². The number of imidazole rings is 1. The molecule has 4 aromatic heterocycles. The maximum Gasteiger partial charge on any atom is 0.236 e. The van der Waals surface area contributed by atoms with Gasteiger partial charge in [0, 0.05) is 74.5 Å². The summed E-state index contributed by atoms with van der Waals surface area (Å²) >= 11 is 1.26. The van der Waals surface area contributed by atoms with E-state index in [1.165, 1.54) is 23.5 Å². The number of amides is 1. The number of halogens is 2. The first-order chi connectivity index (χ1) is 23.4. The van der Waals surface area contributed by atoms with E-state index in [2.05, 4.69) is 47.5 Å². The Balaban J connectivity index is 0.00000417. The number of fused-ring (bicyclic) bond motifs is 1. The first-order valence-corrected chi connectivity index (χ1v) is 16.9. The quantitative estimate of drug-likeness (QED) is 0.229. The van der Waals surface area contributed by atoms with Crippen LogP contribution in [-0.2, 0) is 17.8 Å². The molecule has 1 amide bonds. The molecule has 2 saturated heterocycles. The number of aliphatic hydroxyl groups excluding tert-OH is 1. The number of aliphatic hydroxyl groups is 1. The van der Waals surface area contributed by atoms with Gasteiger partial charge < -0.3 is 24.6 Å². The molecule has 2 aliphatic heterocycles. The number of nitriles is 1. The normalized spacial score (nSPS) is 16.5. The molecule has 6 heterocycles. The summed E-state index contributed by atoms with van der Waals surface area (Å²) < 4.78 is 15.5. The summed E-state index contributed by atoms with van der Waals surface area (Å²) in [4.78, 5) is 37.9. The second-order valence-electron chi connectivity index (χ2n) is 12.0. The molecule has 2 fully saturated rings. The van der Waals surface area contributed by atoms with E-state index in [-0.39, 0.29) is 24.1 Å². The van der Waals surface area contributed by atoms with E-state index in [9.17, 15) is 19.6 Å². The number of nitrogens with one attached hydrogen (secondary N) is 1. The van der Waals surface area contributed by atoms with Crippen molar-refractivity contribution < 1.29 is 14.3 Å². The Hall–Kier alpha value is -4.68. The van der Waals surface area contributed by atoms with Crippen molar-refractivity contribution >= 4 is 46.4 Å². The lowest BCUT2D eigenvalue weighted by Gasteiger charge is -2.35. The van der Waals surface area contributed by atoms with Crippen LogP contribution in [-0.4, -0.2) is 97.1 Å². The molecule has 0 saturated carbocycles. The summed E-state index contributed by atoms with van der Waals surface area (Å²) in [5.74, 6) is 0.398. The Morgan fingerprint density at radius 1 is 1.04 bits per heavy atom. The predicted octanol–water partition coefficient (Wildman–Crippen LogP) is 4.24. The third-order valence-corrected chi connectivity index (χ3v) is 9.81. The van der Waals surface area contributed by atoms with E-state index in [0.29, 0.717) is 59.8 Å². The van der Waals surface area contributed by atoms with Crippen LogP contribution in [0.25, 0.3) is 28.0 Å². The van der Waals surface area contributed by atoms with Gasteiger partial charge in [0.1, 0.15) is 28.1 Å². The van der Waals surface area contributed by atoms with Gasteiger partial charge in [0.15, 0.2) is 5.13 Å². The molecule has 254 valence electrons. The fourth-order valence-corrected chi connectivity index (χ4v) is 7.00. The van der Waals surface area contributed by atoms with Crippen molar-refractivity contribution in [3.05, 3.63) is 77.1 Å². The first kappa shape index (κ1) is 34.2. The van der Waals surface area contributed by atoms with Gasteiger partial charge in [-0.25, -0.2) is 24.3 Å². The molecule has 0 radical (unpaired) electrons. The van der Waals surface area contributed by atoms with Crippen LogP contribution in [0.3, 0.4) is 0 Å². The van der Waals surface area contributed by atoms with Crippen molar-refractivity contribution in [2.75, 3.05) is 56.0 Å². The smallest absolute Gasteiger partial charge is 0.236 e. The van der Waals surface area contributed by atoms with Crippen LogP contribution in [0.15, 0.2) is 55.0 Å². The van der Waals surface area contributed by atoms with E-state index in [1.54, 1.807) is 17.0 Å². The zero-order valence-electron chi connectivity index (χ0n) is 26.9. The van der Waals surface area contributed by atoms with Gasteiger partial charge in [-0.3, -0.25) is 9.69 Å². The molecule has 15 heteroatoms. The number of carbonyl (C=O) groups excluding carboxylic acids is 1. The van der Waals surface area contributed by atoms with Crippen LogP contribution in [0.1, 0.15) is 29.6 Å². The number of carbonyl (C=O) groups is 1. The van der Waals surface area contributed by atoms with E-state index in [1.807, 2.05) is 30.7 Å². The topological polar surface area (TPSA) is 139 Å². The second-order valence-corrected chi connectivity index (χ2v) is 13.0. The number of anilines is 2.